The molecule has 1 atom stereocenters. The van der Waals surface area contributed by atoms with Gasteiger partial charge < -0.3 is 14.7 Å². The Balaban J connectivity index is 1.30. The average molecular weight is 466 g/mol. The van der Waals surface area contributed by atoms with Gasteiger partial charge in [0, 0.05) is 32.4 Å². The first-order valence-corrected chi connectivity index (χ1v) is 11.6. The molecule has 0 bridgehead atoms. The Morgan fingerprint density at radius 3 is 2.59 bits per heavy atom. The Bertz CT molecular complexity index is 1130. The van der Waals surface area contributed by atoms with Gasteiger partial charge in [0.1, 0.15) is 17.7 Å². The molecule has 0 fully saturated rings. The van der Waals surface area contributed by atoms with Crippen LogP contribution in [0.25, 0.3) is 0 Å². The molecule has 2 aromatic rings. The zero-order chi connectivity index (χ0) is 24.1. The molecule has 0 radical (unpaired) electrons. The molecule has 1 unspecified atom stereocenters. The zero-order valence-electron chi connectivity index (χ0n) is 19.0. The lowest BCUT2D eigenvalue weighted by atomic mass is 9.94. The number of ketones is 1. The summed E-state index contributed by atoms with van der Waals surface area (Å²) in [4.78, 5) is 37.6. The van der Waals surface area contributed by atoms with E-state index in [2.05, 4.69) is 0 Å². The zero-order valence-corrected chi connectivity index (χ0v) is 19.0. The fourth-order valence-electron chi connectivity index (χ4n) is 4.56. The van der Waals surface area contributed by atoms with Crippen molar-refractivity contribution in [2.24, 2.45) is 0 Å². The van der Waals surface area contributed by atoms with Crippen LogP contribution in [-0.2, 0) is 40.1 Å². The third kappa shape index (κ3) is 6.10. The highest BCUT2D eigenvalue weighted by Gasteiger charge is 2.26. The molecule has 0 spiro atoms. The van der Waals surface area contributed by atoms with Crippen LogP contribution in [0.15, 0.2) is 54.1 Å². The number of rotatable bonds is 7. The van der Waals surface area contributed by atoms with Crippen molar-refractivity contribution >= 4 is 17.8 Å². The van der Waals surface area contributed by atoms with Gasteiger partial charge in [-0.15, -0.1) is 0 Å². The second kappa shape index (κ2) is 10.6. The largest absolute Gasteiger partial charge is 0.481 e. The van der Waals surface area contributed by atoms with Gasteiger partial charge in [-0.3, -0.25) is 9.59 Å². The molecular weight excluding hydrogens is 437 g/mol. The SMILES string of the molecule is O=C(O)CC1=CCC(OC(=O)N2CCc3cc(CC(=O)Cc4ccccc4F)ccc3C2)CC1. The maximum absolute atomic E-state index is 13.8. The minimum Gasteiger partial charge on any atom is -0.481 e. The van der Waals surface area contributed by atoms with Crippen molar-refractivity contribution in [1.29, 1.82) is 0 Å². The normalized spacial score (nSPS) is 17.5. The van der Waals surface area contributed by atoms with E-state index in [9.17, 15) is 18.8 Å². The molecule has 4 rings (SSSR count). The van der Waals surface area contributed by atoms with Crippen molar-refractivity contribution in [3.05, 3.63) is 82.2 Å². The molecule has 0 saturated heterocycles. The van der Waals surface area contributed by atoms with Crippen LogP contribution < -0.4 is 0 Å². The summed E-state index contributed by atoms with van der Waals surface area (Å²) in [5.41, 5.74) is 4.32. The Hall–Kier alpha value is -3.48. The van der Waals surface area contributed by atoms with Crippen LogP contribution in [0.3, 0.4) is 0 Å². The lowest BCUT2D eigenvalue weighted by Gasteiger charge is -2.31. The summed E-state index contributed by atoms with van der Waals surface area (Å²) in [6, 6.07) is 12.2. The molecule has 7 heteroatoms. The Morgan fingerprint density at radius 1 is 1.03 bits per heavy atom. The summed E-state index contributed by atoms with van der Waals surface area (Å²) in [7, 11) is 0. The van der Waals surface area contributed by atoms with Gasteiger partial charge in [-0.2, -0.15) is 0 Å². The minimum absolute atomic E-state index is 0.0420. The van der Waals surface area contributed by atoms with Gasteiger partial charge in [-0.1, -0.05) is 48.0 Å². The molecule has 6 nitrogen and oxygen atoms in total. The summed E-state index contributed by atoms with van der Waals surface area (Å²) in [5.74, 6) is -1.25. The smallest absolute Gasteiger partial charge is 0.410 e. The van der Waals surface area contributed by atoms with Crippen LogP contribution >= 0.6 is 0 Å². The molecule has 1 N–H and O–H groups in total. The summed E-state index contributed by atoms with van der Waals surface area (Å²) >= 11 is 0. The predicted molar refractivity (Wildman–Crippen MR) is 124 cm³/mol. The van der Waals surface area contributed by atoms with Crippen molar-refractivity contribution in [1.82, 2.24) is 4.90 Å². The Kier molecular flexibility index (Phi) is 7.40. The van der Waals surface area contributed by atoms with Crippen molar-refractivity contribution in [2.45, 2.75) is 57.6 Å². The lowest BCUT2D eigenvalue weighted by molar-refractivity contribution is -0.136. The molecule has 34 heavy (non-hydrogen) atoms. The molecule has 1 amide bonds. The fraction of sp³-hybridized carbons (Fsp3) is 0.370. The second-order valence-corrected chi connectivity index (χ2v) is 8.97. The number of halogens is 1. The molecule has 1 aliphatic heterocycles. The molecule has 1 heterocycles. The molecule has 0 aromatic heterocycles. The van der Waals surface area contributed by atoms with E-state index < -0.39 is 5.97 Å². The van der Waals surface area contributed by atoms with Crippen molar-refractivity contribution in [3.63, 3.8) is 0 Å². The minimum atomic E-state index is -0.841. The van der Waals surface area contributed by atoms with Crippen LogP contribution in [0.2, 0.25) is 0 Å². The maximum Gasteiger partial charge on any atom is 0.410 e. The molecular formula is C27H28FNO5. The van der Waals surface area contributed by atoms with Gasteiger partial charge in [0.2, 0.25) is 0 Å². The highest BCUT2D eigenvalue weighted by molar-refractivity contribution is 5.83. The number of benzene rings is 2. The number of fused-ring (bicyclic) bond motifs is 1. The maximum atomic E-state index is 13.8. The molecule has 1 aliphatic carbocycles. The first-order valence-electron chi connectivity index (χ1n) is 11.6. The van der Waals surface area contributed by atoms with Crippen LogP contribution in [0.5, 0.6) is 0 Å². The molecule has 178 valence electrons. The molecule has 2 aromatic carbocycles. The van der Waals surface area contributed by atoms with Gasteiger partial charge >= 0.3 is 12.1 Å². The van der Waals surface area contributed by atoms with Crippen LogP contribution in [0.1, 0.15) is 47.9 Å². The van der Waals surface area contributed by atoms with E-state index in [1.165, 1.54) is 6.07 Å². The van der Waals surface area contributed by atoms with Crippen molar-refractivity contribution < 1.29 is 28.6 Å². The van der Waals surface area contributed by atoms with Gasteiger partial charge in [0.05, 0.1) is 6.42 Å². The van der Waals surface area contributed by atoms with Crippen molar-refractivity contribution in [2.75, 3.05) is 6.54 Å². The summed E-state index contributed by atoms with van der Waals surface area (Å²) in [6.07, 6.45) is 4.13. The topological polar surface area (TPSA) is 83.9 Å². The molecule has 2 aliphatic rings. The Morgan fingerprint density at radius 2 is 1.85 bits per heavy atom. The third-order valence-electron chi connectivity index (χ3n) is 6.39. The number of carbonyl (C=O) groups excluding carboxylic acids is 2. The van der Waals surface area contributed by atoms with E-state index in [-0.39, 0.29) is 43.1 Å². The fourth-order valence-corrected chi connectivity index (χ4v) is 4.56. The van der Waals surface area contributed by atoms with E-state index in [0.717, 1.165) is 22.3 Å². The number of carbonyl (C=O) groups is 3. The van der Waals surface area contributed by atoms with E-state index in [0.29, 0.717) is 44.3 Å². The van der Waals surface area contributed by atoms with Gasteiger partial charge in [-0.25, -0.2) is 9.18 Å². The number of amides is 1. The van der Waals surface area contributed by atoms with Gasteiger partial charge in [0.25, 0.3) is 0 Å². The van der Waals surface area contributed by atoms with Crippen LogP contribution in [-0.4, -0.2) is 40.5 Å². The number of aliphatic carboxylic acids is 1. The number of carboxylic acids is 1. The summed E-state index contributed by atoms with van der Waals surface area (Å²) in [5, 5.41) is 8.89. The number of hydrogen-bond donors (Lipinski definition) is 1. The predicted octanol–water partition coefficient (Wildman–Crippen LogP) is 4.63. The highest BCUT2D eigenvalue weighted by Crippen LogP contribution is 2.26. The highest BCUT2D eigenvalue weighted by atomic mass is 19.1. The number of Topliss-reactive ketones (excluding diaryl/α,β-unsaturated/α-hetero) is 1. The standard InChI is InChI=1S/C27H28FNO5/c28-25-4-2-1-3-21(25)16-23(30)14-19-5-8-22-17-29(12-11-20(22)13-19)27(33)34-24-9-6-18(7-10-24)15-26(31)32/h1-6,8,13,24H,7,9-12,14-17H2,(H,31,32). The monoisotopic (exact) mass is 465 g/mol. The summed E-state index contributed by atoms with van der Waals surface area (Å²) in [6.45, 7) is 0.982. The van der Waals surface area contributed by atoms with E-state index in [1.807, 2.05) is 24.3 Å². The van der Waals surface area contributed by atoms with Crippen LogP contribution in [0.4, 0.5) is 9.18 Å². The Labute approximate surface area is 198 Å². The quantitative estimate of drug-likeness (QED) is 0.603. The first kappa shape index (κ1) is 23.7. The van der Waals surface area contributed by atoms with E-state index in [4.69, 9.17) is 9.84 Å². The van der Waals surface area contributed by atoms with Gasteiger partial charge in [-0.05, 0) is 47.6 Å². The lowest BCUT2D eigenvalue weighted by Crippen LogP contribution is -2.38. The van der Waals surface area contributed by atoms with E-state index >= 15 is 0 Å². The average Bonchev–Trinajstić information content (AvgIpc) is 2.81. The van der Waals surface area contributed by atoms with Gasteiger partial charge in [0.15, 0.2) is 0 Å². The van der Waals surface area contributed by atoms with Crippen molar-refractivity contribution in [3.8, 4) is 0 Å². The van der Waals surface area contributed by atoms with E-state index in [1.54, 1.807) is 23.1 Å². The van der Waals surface area contributed by atoms with Crippen LogP contribution in [0, 0.1) is 5.82 Å². The molecule has 0 saturated carbocycles. The third-order valence-corrected chi connectivity index (χ3v) is 6.39. The number of hydrogen-bond acceptors (Lipinski definition) is 4. The first-order chi connectivity index (χ1) is 16.4. The number of carboxylic acid groups (broad SMARTS) is 1. The second-order valence-electron chi connectivity index (χ2n) is 8.97. The number of nitrogens with zero attached hydrogens (tertiary/aromatic N) is 1. The summed E-state index contributed by atoms with van der Waals surface area (Å²) < 4.78 is 19.5. The number of ether oxygens (including phenoxy) is 1.